The molecule has 0 fully saturated rings. The third-order valence-corrected chi connectivity index (χ3v) is 19.3. The summed E-state index contributed by atoms with van der Waals surface area (Å²) in [5.41, 5.74) is 18.6. The molecule has 5 nitrogen and oxygen atoms in total. The van der Waals surface area contributed by atoms with Gasteiger partial charge in [-0.15, -0.1) is 0 Å². The molecular weight excluding hydrogens is 1050 g/mol. The quantitative estimate of drug-likeness (QED) is 0.174. The number of rotatable bonds is 6. The van der Waals surface area contributed by atoms with Gasteiger partial charge in [-0.05, 0) is 167 Å². The van der Waals surface area contributed by atoms with Gasteiger partial charge in [0.1, 0.15) is 40.2 Å². The van der Waals surface area contributed by atoms with E-state index in [0.717, 1.165) is 124 Å². The highest BCUT2D eigenvalue weighted by molar-refractivity contribution is 6.01. The standard InChI is InChI=1S/C81H60O5/c1-46-10-9-15-54(42-46)50-18-22-53(23-19-50)74-79-64-33-38-69-78(73(52-20-16-49(17-21-52)48-11-5-3-6-12-48)76-61-30-27-58(82)44-55(61)25-36-67(76)84-69)63(64)32-39-70(79)86-71-40-35-66-65(80(71)74)34-41-72-81(66)75(57-24-29-60(47(2)43-57)51-13-7-4-8-14-51)77-62-31-28-59(83)45-56(62)26-37-68(77)85-72/h3-9,11-27,29-30,32-47,60,73-75,82-83H,10,28,31H2,1-2H3. The van der Waals surface area contributed by atoms with Crippen molar-refractivity contribution in [2.24, 2.45) is 11.8 Å². The van der Waals surface area contributed by atoms with Crippen LogP contribution in [-0.4, -0.2) is 10.2 Å². The van der Waals surface area contributed by atoms with Crippen molar-refractivity contribution in [3.05, 3.63) is 315 Å². The first-order chi connectivity index (χ1) is 42.3. The fraction of sp³-hybridized carbons (Fsp3) is 0.136. The summed E-state index contributed by atoms with van der Waals surface area (Å²) in [6, 6.07) is 71.6. The van der Waals surface area contributed by atoms with Gasteiger partial charge in [0, 0.05) is 63.5 Å². The first kappa shape index (κ1) is 50.4. The molecule has 5 heteroatoms. The minimum Gasteiger partial charge on any atom is -0.512 e. The average Bonchev–Trinajstić information content (AvgIpc) is 1.16. The van der Waals surface area contributed by atoms with Crippen LogP contribution in [0.2, 0.25) is 0 Å². The Morgan fingerprint density at radius 2 is 0.930 bits per heavy atom. The summed E-state index contributed by atoms with van der Waals surface area (Å²) in [6.45, 7) is 4.63. The van der Waals surface area contributed by atoms with E-state index in [9.17, 15) is 10.2 Å². The monoisotopic (exact) mass is 1110 g/mol. The Bertz CT molecular complexity index is 4810. The molecule has 6 atom stereocenters. The highest BCUT2D eigenvalue weighted by Crippen LogP contribution is 2.60. The van der Waals surface area contributed by atoms with Gasteiger partial charge < -0.3 is 24.4 Å². The molecule has 3 heterocycles. The number of aromatic hydroxyl groups is 1. The predicted molar refractivity (Wildman–Crippen MR) is 348 cm³/mol. The van der Waals surface area contributed by atoms with Gasteiger partial charge in [0.15, 0.2) is 0 Å². The fourth-order valence-corrected chi connectivity index (χ4v) is 15.4. The molecule has 0 saturated carbocycles. The molecule has 3 aliphatic carbocycles. The van der Waals surface area contributed by atoms with E-state index in [0.29, 0.717) is 18.1 Å². The molecule has 3 aliphatic heterocycles. The third kappa shape index (κ3) is 8.05. The van der Waals surface area contributed by atoms with E-state index in [1.807, 2.05) is 24.3 Å². The molecule has 0 bridgehead atoms. The highest BCUT2D eigenvalue weighted by Gasteiger charge is 2.40. The minimum absolute atomic E-state index is 0.155. The molecule has 0 spiro atoms. The normalized spacial score (nSPS) is 20.3. The summed E-state index contributed by atoms with van der Waals surface area (Å²) in [4.78, 5) is 0. The van der Waals surface area contributed by atoms with Gasteiger partial charge in [0.25, 0.3) is 0 Å². The molecule has 0 amide bonds. The Labute approximate surface area is 500 Å². The average molecular weight is 1110 g/mol. The molecule has 0 saturated heterocycles. The van der Waals surface area contributed by atoms with E-state index in [1.165, 1.54) is 44.5 Å². The Kier molecular flexibility index (Phi) is 11.6. The van der Waals surface area contributed by atoms with Crippen molar-refractivity contribution in [1.29, 1.82) is 0 Å². The Morgan fingerprint density at radius 3 is 1.52 bits per heavy atom. The van der Waals surface area contributed by atoms with E-state index < -0.39 is 0 Å². The van der Waals surface area contributed by atoms with Crippen LogP contribution in [0, 0.1) is 11.8 Å². The van der Waals surface area contributed by atoms with Crippen LogP contribution in [0.5, 0.6) is 40.2 Å². The number of fused-ring (bicyclic) bond motifs is 16. The van der Waals surface area contributed by atoms with Crippen LogP contribution >= 0.6 is 0 Å². The fourth-order valence-electron chi connectivity index (χ4n) is 15.4. The van der Waals surface area contributed by atoms with Gasteiger partial charge in [-0.2, -0.15) is 0 Å². The maximum Gasteiger partial charge on any atom is 0.132 e. The van der Waals surface area contributed by atoms with Crippen molar-refractivity contribution in [1.82, 2.24) is 0 Å². The number of hydrogen-bond acceptors (Lipinski definition) is 5. The zero-order valence-corrected chi connectivity index (χ0v) is 47.8. The maximum atomic E-state index is 10.9. The van der Waals surface area contributed by atoms with E-state index in [2.05, 4.69) is 226 Å². The Balaban J connectivity index is 0.891. The van der Waals surface area contributed by atoms with Crippen LogP contribution in [0.1, 0.15) is 117 Å². The summed E-state index contributed by atoms with van der Waals surface area (Å²) in [7, 11) is 0. The lowest BCUT2D eigenvalue weighted by Gasteiger charge is -2.37. The van der Waals surface area contributed by atoms with Gasteiger partial charge in [0.2, 0.25) is 0 Å². The maximum absolute atomic E-state index is 10.9. The number of phenols is 1. The van der Waals surface area contributed by atoms with Crippen LogP contribution in [-0.2, 0) is 6.42 Å². The Morgan fingerprint density at radius 1 is 0.419 bits per heavy atom. The number of benzene rings is 11. The number of phenolic OH excluding ortho intramolecular Hbond substituents is 1. The molecule has 86 heavy (non-hydrogen) atoms. The number of aliphatic hydroxyl groups excluding tert-OH is 1. The molecular formula is C81H60O5. The molecule has 6 aliphatic rings. The lowest BCUT2D eigenvalue weighted by Crippen LogP contribution is -2.20. The first-order valence-corrected chi connectivity index (χ1v) is 30.4. The molecule has 2 N–H and O–H groups in total. The zero-order valence-electron chi connectivity index (χ0n) is 47.8. The first-order valence-electron chi connectivity index (χ1n) is 30.4. The summed E-state index contributed by atoms with van der Waals surface area (Å²) in [6.07, 6.45) is 18.5. The number of ether oxygens (including phenoxy) is 3. The molecule has 11 aromatic rings. The van der Waals surface area contributed by atoms with E-state index >= 15 is 0 Å². The Hall–Kier alpha value is -10.1. The zero-order chi connectivity index (χ0) is 57.3. The predicted octanol–water partition coefficient (Wildman–Crippen LogP) is 21.1. The van der Waals surface area contributed by atoms with E-state index in [1.54, 1.807) is 6.07 Å². The van der Waals surface area contributed by atoms with Gasteiger partial charge in [-0.1, -0.05) is 202 Å². The van der Waals surface area contributed by atoms with Crippen LogP contribution in [0.25, 0.3) is 55.1 Å². The number of hydrogen-bond donors (Lipinski definition) is 2. The summed E-state index contributed by atoms with van der Waals surface area (Å²) in [5, 5.41) is 28.2. The van der Waals surface area contributed by atoms with Crippen molar-refractivity contribution in [3.63, 3.8) is 0 Å². The van der Waals surface area contributed by atoms with Gasteiger partial charge in [-0.25, -0.2) is 0 Å². The van der Waals surface area contributed by atoms with Gasteiger partial charge in [-0.3, -0.25) is 0 Å². The summed E-state index contributed by atoms with van der Waals surface area (Å²) in [5.74, 6) is 5.91. The topological polar surface area (TPSA) is 68.2 Å². The van der Waals surface area contributed by atoms with Gasteiger partial charge in [0.05, 0.1) is 5.76 Å². The lowest BCUT2D eigenvalue weighted by molar-refractivity contribution is 0.390. The molecule has 0 radical (unpaired) electrons. The van der Waals surface area contributed by atoms with Crippen molar-refractivity contribution in [3.8, 4) is 51.4 Å². The van der Waals surface area contributed by atoms with Crippen molar-refractivity contribution < 1.29 is 24.4 Å². The lowest BCUT2D eigenvalue weighted by atomic mass is 9.71. The second-order valence-corrected chi connectivity index (χ2v) is 24.4. The van der Waals surface area contributed by atoms with Crippen LogP contribution in [0.4, 0.5) is 0 Å². The largest absolute Gasteiger partial charge is 0.512 e. The van der Waals surface area contributed by atoms with Gasteiger partial charge >= 0.3 is 0 Å². The van der Waals surface area contributed by atoms with E-state index in [-0.39, 0.29) is 35.3 Å². The molecule has 17 rings (SSSR count). The molecule has 414 valence electrons. The van der Waals surface area contributed by atoms with Crippen LogP contribution in [0.15, 0.2) is 248 Å². The van der Waals surface area contributed by atoms with Crippen LogP contribution in [0.3, 0.4) is 0 Å². The molecule has 11 aromatic carbocycles. The van der Waals surface area contributed by atoms with Crippen molar-refractivity contribution in [2.45, 2.75) is 56.8 Å². The van der Waals surface area contributed by atoms with E-state index in [4.69, 9.17) is 14.2 Å². The van der Waals surface area contributed by atoms with Crippen LogP contribution < -0.4 is 14.2 Å². The third-order valence-electron chi connectivity index (χ3n) is 19.3. The summed E-state index contributed by atoms with van der Waals surface area (Å²) < 4.78 is 21.6. The van der Waals surface area contributed by atoms with Crippen molar-refractivity contribution in [2.75, 3.05) is 0 Å². The molecule has 6 unspecified atom stereocenters. The smallest absolute Gasteiger partial charge is 0.132 e. The summed E-state index contributed by atoms with van der Waals surface area (Å²) >= 11 is 0. The highest BCUT2D eigenvalue weighted by atomic mass is 16.5. The number of aliphatic hydroxyl groups is 1. The number of allylic oxidation sites excluding steroid dienone is 9. The second kappa shape index (κ2) is 19.8. The van der Waals surface area contributed by atoms with Crippen molar-refractivity contribution >= 4 is 44.0 Å². The second-order valence-electron chi connectivity index (χ2n) is 24.4. The SMILES string of the molecule is CC1C=C(c2ccc(C3c4c(ccc5c6c(ccc45)Oc4ccc5c(c4C6C4=CC(C)C(c6ccccc6)C=C4)CCC(O)=C5)Oc4ccc5c6c(ccc5c43)Oc3ccc4cc(O)ccc4c3C6c3ccc(-c4ccccc4)cc3)cc2)C=CC1. The molecule has 0 aromatic heterocycles. The minimum atomic E-state index is -0.262.